The molecule has 2 aliphatic rings. The predicted octanol–water partition coefficient (Wildman–Crippen LogP) is -2.60. The number of hydrogen-bond donors (Lipinski definition) is 7. The maximum atomic E-state index is 13.4. The highest BCUT2D eigenvalue weighted by Crippen LogP contribution is 2.65. The summed E-state index contributed by atoms with van der Waals surface area (Å²) in [6.45, 7) is -1.98. The molecule has 2 unspecified atom stereocenters. The molecule has 3 aromatic rings. The van der Waals surface area contributed by atoms with Crippen LogP contribution in [0, 0.1) is 0 Å². The second-order valence-electron chi connectivity index (χ2n) is 10.7. The van der Waals surface area contributed by atoms with E-state index in [-0.39, 0.29) is 16.8 Å². The molecule has 5 rings (SSSR count). The molecule has 1 aromatic carbocycles. The SMILES string of the molecule is NC(=O)c1ccc[n+]([C@@H]2O[C@H](CO[P+]([O-])(O)O[P+]([O-])(O)OC[C@@H]3O[C@H](n4cc(-c5ccccc5C(F)(F)F)nn4)[C@@H](O)[C@H]3O)[C@@H](O)[C@H]2O)c1. The molecule has 4 heterocycles. The third kappa shape index (κ3) is 8.53. The van der Waals surface area contributed by atoms with Crippen LogP contribution in [0.5, 0.6) is 0 Å². The summed E-state index contributed by atoms with van der Waals surface area (Å²) in [7, 11) is -10.9. The Balaban J connectivity index is 1.15. The van der Waals surface area contributed by atoms with E-state index < -0.39 is 96.3 Å². The molecule has 8 N–H and O–H groups in total. The Hall–Kier alpha value is -2.89. The number of carbonyl (C=O) groups is 1. The lowest BCUT2D eigenvalue weighted by molar-refractivity contribution is -0.765. The number of halogens is 3. The summed E-state index contributed by atoms with van der Waals surface area (Å²) in [5.74, 6) is -0.792. The number of phosphoric ester groups is 2. The minimum atomic E-state index is -5.48. The lowest BCUT2D eigenvalue weighted by Gasteiger charge is -2.25. The zero-order valence-electron chi connectivity index (χ0n) is 24.6. The van der Waals surface area contributed by atoms with Gasteiger partial charge in [0, 0.05) is 15.9 Å². The Bertz CT molecular complexity index is 1640. The maximum absolute atomic E-state index is 13.4. The molecule has 2 saturated heterocycles. The lowest BCUT2D eigenvalue weighted by Crippen LogP contribution is -2.46. The molecule has 0 radical (unpaired) electrons. The van der Waals surface area contributed by atoms with Crippen molar-refractivity contribution in [3.05, 3.63) is 66.1 Å². The number of ether oxygens (including phenoxy) is 2. The summed E-state index contributed by atoms with van der Waals surface area (Å²) in [6, 6.07) is 7.28. The molecule has 2 aromatic heterocycles. The molecular weight excluding hydrogens is 713 g/mol. The number of primary amides is 1. The number of aliphatic hydroxyl groups is 4. The summed E-state index contributed by atoms with van der Waals surface area (Å²) < 4.78 is 66.7. The van der Waals surface area contributed by atoms with Crippen LogP contribution in [0.3, 0.4) is 0 Å². The van der Waals surface area contributed by atoms with Crippen molar-refractivity contribution in [1.29, 1.82) is 0 Å². The molecule has 2 fully saturated rings. The number of carbonyl (C=O) groups excluding carboxylic acids is 1. The van der Waals surface area contributed by atoms with E-state index in [2.05, 4.69) is 23.7 Å². The maximum Gasteiger partial charge on any atom is 0.434 e. The number of aromatic nitrogens is 4. The van der Waals surface area contributed by atoms with Crippen LogP contribution < -0.4 is 20.1 Å². The summed E-state index contributed by atoms with van der Waals surface area (Å²) in [6.07, 6.45) is -14.0. The number of nitrogens with two attached hydrogens (primary N) is 1. The van der Waals surface area contributed by atoms with E-state index in [1.807, 2.05) is 0 Å². The first kappa shape index (κ1) is 37.4. The van der Waals surface area contributed by atoms with E-state index >= 15 is 0 Å². The number of alkyl halides is 3. The van der Waals surface area contributed by atoms with E-state index in [1.54, 1.807) is 0 Å². The summed E-state index contributed by atoms with van der Waals surface area (Å²) in [5, 5.41) is 48.9. The zero-order valence-corrected chi connectivity index (χ0v) is 26.4. The molecule has 1 amide bonds. The minimum absolute atomic E-state index is 0.0403. The molecular formula is C25H29F3N5O14P2+. The van der Waals surface area contributed by atoms with Crippen LogP contribution >= 0.6 is 16.3 Å². The first-order valence-corrected chi connectivity index (χ1v) is 16.9. The number of rotatable bonds is 12. The molecule has 49 heavy (non-hydrogen) atoms. The first-order valence-electron chi connectivity index (χ1n) is 13.9. The second-order valence-corrected chi connectivity index (χ2v) is 13.8. The number of phosphoric acid groups is 2. The third-order valence-corrected chi connectivity index (χ3v) is 9.97. The van der Waals surface area contributed by atoms with Crippen molar-refractivity contribution in [3.8, 4) is 11.3 Å². The Morgan fingerprint density at radius 3 is 2.20 bits per heavy atom. The van der Waals surface area contributed by atoms with Gasteiger partial charge in [0.2, 0.25) is 0 Å². The fourth-order valence-corrected chi connectivity index (χ4v) is 7.08. The molecule has 2 aliphatic heterocycles. The van der Waals surface area contributed by atoms with Gasteiger partial charge in [-0.05, 0) is 12.1 Å². The highest BCUT2D eigenvalue weighted by molar-refractivity contribution is 7.66. The topological polar surface area (TPSA) is 291 Å². The van der Waals surface area contributed by atoms with E-state index in [1.165, 1.54) is 41.2 Å². The van der Waals surface area contributed by atoms with Crippen molar-refractivity contribution < 1.29 is 85.4 Å². The number of benzene rings is 1. The minimum Gasteiger partial charge on any atom is -0.603 e. The largest absolute Gasteiger partial charge is 0.603 e. The molecule has 268 valence electrons. The number of nitrogens with zero attached hydrogens (tertiary/aromatic N) is 4. The van der Waals surface area contributed by atoms with Gasteiger partial charge in [-0.25, -0.2) is 4.68 Å². The zero-order chi connectivity index (χ0) is 35.9. The molecule has 24 heteroatoms. The average molecular weight is 742 g/mol. The van der Waals surface area contributed by atoms with E-state index in [0.29, 0.717) is 0 Å². The Kier molecular flexibility index (Phi) is 11.0. The van der Waals surface area contributed by atoms with Crippen molar-refractivity contribution >= 4 is 22.2 Å². The standard InChI is InChI=1S/C25H28F3N5O14P2/c26-25(27,28)14-6-2-1-5-13(14)15-9-33(31-30-15)24-21(37)19(35)17(46-24)11-44-49(41,42)47-48(39,40)43-10-16-18(34)20(36)23(45-16)32-7-3-4-12(8-32)22(29)38/h1-9,16-21,23-24,34-37H,10-11H2,(H3-,29,38,39,40,41,42)/p+1/t16-,17+,18-,19+,20-,21+,23-,24+/m1/s1. The third-order valence-electron chi connectivity index (χ3n) is 7.36. The lowest BCUT2D eigenvalue weighted by atomic mass is 10.0. The Morgan fingerprint density at radius 2 is 1.57 bits per heavy atom. The fraction of sp³-hybridized carbons (Fsp3) is 0.440. The van der Waals surface area contributed by atoms with Gasteiger partial charge < -0.3 is 45.4 Å². The summed E-state index contributed by atoms with van der Waals surface area (Å²) >= 11 is 0. The number of hydrogen-bond acceptors (Lipinski definition) is 16. The monoisotopic (exact) mass is 742 g/mol. The van der Waals surface area contributed by atoms with Crippen LogP contribution in [0.4, 0.5) is 13.2 Å². The van der Waals surface area contributed by atoms with E-state index in [0.717, 1.165) is 23.0 Å². The van der Waals surface area contributed by atoms with Crippen molar-refractivity contribution in [1.82, 2.24) is 15.0 Å². The van der Waals surface area contributed by atoms with Crippen LogP contribution in [0.2, 0.25) is 0 Å². The molecule has 0 saturated carbocycles. The highest BCUT2D eigenvalue weighted by Gasteiger charge is 2.53. The smallest absolute Gasteiger partial charge is 0.434 e. The van der Waals surface area contributed by atoms with Crippen LogP contribution in [-0.4, -0.2) is 101 Å². The van der Waals surface area contributed by atoms with Gasteiger partial charge in [-0.3, -0.25) is 4.79 Å². The van der Waals surface area contributed by atoms with Crippen LogP contribution in [0.15, 0.2) is 55.0 Å². The number of aliphatic hydroxyl groups excluding tert-OH is 4. The van der Waals surface area contributed by atoms with Crippen molar-refractivity contribution in [2.75, 3.05) is 13.2 Å². The van der Waals surface area contributed by atoms with Gasteiger partial charge in [0.1, 0.15) is 55.0 Å². The Labute approximate surface area is 274 Å². The molecule has 10 atom stereocenters. The van der Waals surface area contributed by atoms with Gasteiger partial charge in [-0.15, -0.1) is 5.10 Å². The van der Waals surface area contributed by atoms with Crippen molar-refractivity contribution in [2.45, 2.75) is 55.3 Å². The van der Waals surface area contributed by atoms with Crippen molar-refractivity contribution in [3.63, 3.8) is 0 Å². The van der Waals surface area contributed by atoms with Crippen LogP contribution in [0.1, 0.15) is 28.4 Å². The summed E-state index contributed by atoms with van der Waals surface area (Å²) in [5.41, 5.74) is 3.69. The normalized spacial score (nSPS) is 29.9. The predicted molar refractivity (Wildman–Crippen MR) is 149 cm³/mol. The molecule has 0 bridgehead atoms. The van der Waals surface area contributed by atoms with Gasteiger partial charge in [0.25, 0.3) is 12.1 Å². The highest BCUT2D eigenvalue weighted by atomic mass is 31.3. The average Bonchev–Trinajstić information content (AvgIpc) is 3.71. The number of pyridine rings is 1. The van der Waals surface area contributed by atoms with Gasteiger partial charge >= 0.3 is 22.5 Å². The van der Waals surface area contributed by atoms with Gasteiger partial charge in [0.15, 0.2) is 24.7 Å². The van der Waals surface area contributed by atoms with Crippen LogP contribution in [0.25, 0.3) is 11.3 Å². The summed E-state index contributed by atoms with van der Waals surface area (Å²) in [4.78, 5) is 56.4. The first-order chi connectivity index (χ1) is 22.9. The van der Waals surface area contributed by atoms with E-state index in [4.69, 9.17) is 15.2 Å². The number of amides is 1. The second kappa shape index (κ2) is 14.4. The van der Waals surface area contributed by atoms with Crippen molar-refractivity contribution in [2.24, 2.45) is 5.73 Å². The Morgan fingerprint density at radius 1 is 0.959 bits per heavy atom. The van der Waals surface area contributed by atoms with Gasteiger partial charge in [-0.2, -0.15) is 36.6 Å². The van der Waals surface area contributed by atoms with Gasteiger partial charge in [-0.1, -0.05) is 23.4 Å². The van der Waals surface area contributed by atoms with E-state index in [9.17, 15) is 58.0 Å². The molecule has 0 aliphatic carbocycles. The molecule has 19 nitrogen and oxygen atoms in total. The molecule has 0 spiro atoms. The van der Waals surface area contributed by atoms with Crippen LogP contribution in [-0.2, 0) is 29.0 Å². The van der Waals surface area contributed by atoms with Gasteiger partial charge in [0.05, 0.1) is 11.8 Å². The fourth-order valence-electron chi connectivity index (χ4n) is 4.99. The quantitative estimate of drug-likeness (QED) is 0.0740.